The Balaban J connectivity index is 2.48. The highest BCUT2D eigenvalue weighted by Crippen LogP contribution is 2.33. The smallest absolute Gasteiger partial charge is 0.416 e. The highest BCUT2D eigenvalue weighted by Gasteiger charge is 2.31. The van der Waals surface area contributed by atoms with Crippen LogP contribution >= 0.6 is 0 Å². The van der Waals surface area contributed by atoms with Crippen molar-refractivity contribution in [3.05, 3.63) is 23.8 Å². The van der Waals surface area contributed by atoms with Gasteiger partial charge in [0.25, 0.3) is 0 Å². The number of nitrogen functional groups attached to an aromatic ring is 1. The molecule has 1 rings (SSSR count). The predicted molar refractivity (Wildman–Crippen MR) is 64.0 cm³/mol. The van der Waals surface area contributed by atoms with Crippen molar-refractivity contribution < 1.29 is 27.4 Å². The molecule has 7 heteroatoms. The molecule has 0 saturated carbocycles. The summed E-state index contributed by atoms with van der Waals surface area (Å²) in [5.74, 6) is 0.0719. The molecule has 0 amide bonds. The molecule has 0 aliphatic heterocycles. The second-order valence-corrected chi connectivity index (χ2v) is 3.74. The number of anilines is 1. The van der Waals surface area contributed by atoms with Crippen LogP contribution in [0.15, 0.2) is 18.2 Å². The molecule has 0 aromatic heterocycles. The van der Waals surface area contributed by atoms with Gasteiger partial charge in [0.1, 0.15) is 12.4 Å². The molecule has 2 N–H and O–H groups in total. The first-order valence-electron chi connectivity index (χ1n) is 5.60. The van der Waals surface area contributed by atoms with E-state index in [1.807, 2.05) is 0 Å². The van der Waals surface area contributed by atoms with Gasteiger partial charge in [-0.25, -0.2) is 0 Å². The van der Waals surface area contributed by atoms with Crippen molar-refractivity contribution in [3.63, 3.8) is 0 Å². The Morgan fingerprint density at radius 1 is 1.05 bits per heavy atom. The van der Waals surface area contributed by atoms with Crippen LogP contribution in [0, 0.1) is 0 Å². The lowest BCUT2D eigenvalue weighted by Crippen LogP contribution is -2.11. The molecule has 0 aliphatic rings. The first kappa shape index (κ1) is 15.6. The number of hydrogen-bond acceptors (Lipinski definition) is 4. The van der Waals surface area contributed by atoms with Gasteiger partial charge >= 0.3 is 6.18 Å². The molecule has 0 radical (unpaired) electrons. The summed E-state index contributed by atoms with van der Waals surface area (Å²) in [5.41, 5.74) is 4.57. The summed E-state index contributed by atoms with van der Waals surface area (Å²) < 4.78 is 52.6. The van der Waals surface area contributed by atoms with Gasteiger partial charge in [-0.05, 0) is 12.1 Å². The van der Waals surface area contributed by atoms with Crippen molar-refractivity contribution in [2.75, 3.05) is 39.3 Å². The quantitative estimate of drug-likeness (QED) is 0.615. The fourth-order valence-electron chi connectivity index (χ4n) is 1.33. The minimum atomic E-state index is -4.44. The van der Waals surface area contributed by atoms with E-state index in [2.05, 4.69) is 0 Å². The molecular formula is C12H16F3NO3. The lowest BCUT2D eigenvalue weighted by molar-refractivity contribution is -0.137. The van der Waals surface area contributed by atoms with E-state index in [-0.39, 0.29) is 24.7 Å². The normalized spacial score (nSPS) is 11.6. The van der Waals surface area contributed by atoms with E-state index >= 15 is 0 Å². The molecule has 0 unspecified atom stereocenters. The van der Waals surface area contributed by atoms with Gasteiger partial charge < -0.3 is 19.9 Å². The average molecular weight is 279 g/mol. The zero-order valence-corrected chi connectivity index (χ0v) is 10.5. The van der Waals surface area contributed by atoms with E-state index in [0.29, 0.717) is 13.2 Å². The van der Waals surface area contributed by atoms with Crippen LogP contribution in [-0.2, 0) is 15.7 Å². The van der Waals surface area contributed by atoms with Gasteiger partial charge in [-0.2, -0.15) is 13.2 Å². The predicted octanol–water partition coefficient (Wildman–Crippen LogP) is 2.33. The highest BCUT2D eigenvalue weighted by molar-refractivity contribution is 5.48. The topological polar surface area (TPSA) is 53.7 Å². The lowest BCUT2D eigenvalue weighted by atomic mass is 10.2. The Labute approximate surface area is 109 Å². The van der Waals surface area contributed by atoms with E-state index in [4.69, 9.17) is 19.9 Å². The van der Waals surface area contributed by atoms with Crippen molar-refractivity contribution >= 4 is 5.69 Å². The van der Waals surface area contributed by atoms with Crippen molar-refractivity contribution in [3.8, 4) is 5.75 Å². The summed E-state index contributed by atoms with van der Waals surface area (Å²) in [5, 5.41) is 0. The Morgan fingerprint density at radius 3 is 2.37 bits per heavy atom. The van der Waals surface area contributed by atoms with E-state index < -0.39 is 11.7 Å². The van der Waals surface area contributed by atoms with Crippen molar-refractivity contribution in [1.82, 2.24) is 0 Å². The summed E-state index contributed by atoms with van der Waals surface area (Å²) in [4.78, 5) is 0. The summed E-state index contributed by atoms with van der Waals surface area (Å²) in [6.45, 7) is 1.27. The number of halogens is 3. The van der Waals surface area contributed by atoms with E-state index in [1.54, 1.807) is 7.11 Å². The molecule has 1 aromatic rings. The van der Waals surface area contributed by atoms with Crippen molar-refractivity contribution in [2.45, 2.75) is 6.18 Å². The van der Waals surface area contributed by atoms with Crippen LogP contribution in [0.4, 0.5) is 18.9 Å². The minimum absolute atomic E-state index is 0.00475. The Bertz CT molecular complexity index is 396. The number of alkyl halides is 3. The summed E-state index contributed by atoms with van der Waals surface area (Å²) in [7, 11) is 1.55. The van der Waals surface area contributed by atoms with Crippen LogP contribution in [0.2, 0.25) is 0 Å². The standard InChI is InChI=1S/C12H16F3NO3/c1-17-2-3-18-4-5-19-11-7-9(12(13,14)15)6-10(16)8-11/h6-8H,2-5,16H2,1H3. The zero-order chi connectivity index (χ0) is 14.3. The second kappa shape index (κ2) is 7.20. The Morgan fingerprint density at radius 2 is 1.74 bits per heavy atom. The van der Waals surface area contributed by atoms with Crippen LogP contribution in [-0.4, -0.2) is 33.5 Å². The minimum Gasteiger partial charge on any atom is -0.491 e. The van der Waals surface area contributed by atoms with E-state index in [0.717, 1.165) is 12.1 Å². The maximum atomic E-state index is 12.5. The number of nitrogens with two attached hydrogens (primary N) is 1. The van der Waals surface area contributed by atoms with Crippen molar-refractivity contribution in [1.29, 1.82) is 0 Å². The molecule has 0 bridgehead atoms. The maximum Gasteiger partial charge on any atom is 0.416 e. The molecule has 0 spiro atoms. The van der Waals surface area contributed by atoms with Crippen LogP contribution in [0.5, 0.6) is 5.75 Å². The fraction of sp³-hybridized carbons (Fsp3) is 0.500. The molecule has 108 valence electrons. The van der Waals surface area contributed by atoms with Gasteiger partial charge in [0.05, 0.1) is 25.4 Å². The molecule has 0 saturated heterocycles. The van der Waals surface area contributed by atoms with Crippen LogP contribution in [0.25, 0.3) is 0 Å². The van der Waals surface area contributed by atoms with Gasteiger partial charge in [0, 0.05) is 18.9 Å². The maximum absolute atomic E-state index is 12.5. The molecule has 1 aromatic carbocycles. The number of methoxy groups -OCH3 is 1. The third kappa shape index (κ3) is 5.80. The average Bonchev–Trinajstić information content (AvgIpc) is 2.32. The molecular weight excluding hydrogens is 263 g/mol. The summed E-state index contributed by atoms with van der Waals surface area (Å²) >= 11 is 0. The van der Waals surface area contributed by atoms with Gasteiger partial charge in [0.2, 0.25) is 0 Å². The third-order valence-electron chi connectivity index (χ3n) is 2.18. The third-order valence-corrected chi connectivity index (χ3v) is 2.18. The molecule has 0 heterocycles. The molecule has 0 fully saturated rings. The largest absolute Gasteiger partial charge is 0.491 e. The monoisotopic (exact) mass is 279 g/mol. The van der Waals surface area contributed by atoms with Crippen LogP contribution in [0.3, 0.4) is 0 Å². The second-order valence-electron chi connectivity index (χ2n) is 3.74. The summed E-state index contributed by atoms with van der Waals surface area (Å²) in [6, 6.07) is 3.11. The molecule has 0 aliphatic carbocycles. The van der Waals surface area contributed by atoms with Gasteiger partial charge in [-0.15, -0.1) is 0 Å². The number of hydrogen-bond donors (Lipinski definition) is 1. The SMILES string of the molecule is COCCOCCOc1cc(N)cc(C(F)(F)F)c1. The van der Waals surface area contributed by atoms with Gasteiger partial charge in [0.15, 0.2) is 0 Å². The van der Waals surface area contributed by atoms with Crippen molar-refractivity contribution in [2.24, 2.45) is 0 Å². The number of ether oxygens (including phenoxy) is 3. The van der Waals surface area contributed by atoms with E-state index in [1.165, 1.54) is 6.07 Å². The lowest BCUT2D eigenvalue weighted by Gasteiger charge is -2.11. The van der Waals surface area contributed by atoms with Crippen LogP contribution < -0.4 is 10.5 Å². The summed E-state index contributed by atoms with van der Waals surface area (Å²) in [6.07, 6.45) is -4.44. The fourth-order valence-corrected chi connectivity index (χ4v) is 1.33. The Hall–Kier alpha value is -1.47. The number of benzene rings is 1. The first-order chi connectivity index (χ1) is 8.93. The zero-order valence-electron chi connectivity index (χ0n) is 10.5. The van der Waals surface area contributed by atoms with E-state index in [9.17, 15) is 13.2 Å². The first-order valence-corrected chi connectivity index (χ1v) is 5.60. The van der Waals surface area contributed by atoms with Crippen LogP contribution in [0.1, 0.15) is 5.56 Å². The van der Waals surface area contributed by atoms with Gasteiger partial charge in [-0.3, -0.25) is 0 Å². The molecule has 0 atom stereocenters. The number of rotatable bonds is 7. The van der Waals surface area contributed by atoms with Gasteiger partial charge in [-0.1, -0.05) is 0 Å². The Kier molecular flexibility index (Phi) is 5.91. The highest BCUT2D eigenvalue weighted by atomic mass is 19.4. The molecule has 4 nitrogen and oxygen atoms in total. The molecule has 19 heavy (non-hydrogen) atoms.